The Morgan fingerprint density at radius 2 is 1.73 bits per heavy atom. The van der Waals surface area contributed by atoms with Crippen molar-refractivity contribution >= 4 is 21.5 Å². The largest absolute Gasteiger partial charge is 0.299 e. The van der Waals surface area contributed by atoms with E-state index in [0.717, 1.165) is 11.1 Å². The van der Waals surface area contributed by atoms with Gasteiger partial charge in [-0.25, -0.2) is 8.42 Å². The molecule has 0 saturated heterocycles. The number of nitrogens with zero attached hydrogens (tertiary/aromatic N) is 1. The van der Waals surface area contributed by atoms with Crippen LogP contribution < -0.4 is 4.31 Å². The van der Waals surface area contributed by atoms with Crippen molar-refractivity contribution in [3.8, 4) is 0 Å². The molecule has 2 atom stereocenters. The standard InChI is InChI=1S/C21H21NO3S/c1-15-12-13-20-21(14-15,16(2)23)18-10-6-7-11-19(18)22(20)26(24,25)17-8-4-3-5-9-17/h3-12,20H,13-14H2,1-2H3/t20-,21+/m0/s1. The fraction of sp³-hybridized carbons (Fsp3) is 0.286. The van der Waals surface area contributed by atoms with Crippen LogP contribution in [0.15, 0.2) is 71.1 Å². The zero-order valence-corrected chi connectivity index (χ0v) is 15.7. The molecule has 0 radical (unpaired) electrons. The Balaban J connectivity index is 1.99. The van der Waals surface area contributed by atoms with Gasteiger partial charge in [0.2, 0.25) is 0 Å². The average Bonchev–Trinajstić information content (AvgIpc) is 2.94. The van der Waals surface area contributed by atoms with E-state index in [-0.39, 0.29) is 10.7 Å². The van der Waals surface area contributed by atoms with E-state index in [1.54, 1.807) is 37.3 Å². The van der Waals surface area contributed by atoms with E-state index >= 15 is 0 Å². The van der Waals surface area contributed by atoms with Crippen molar-refractivity contribution in [2.75, 3.05) is 4.31 Å². The van der Waals surface area contributed by atoms with Crippen LogP contribution in [-0.4, -0.2) is 20.2 Å². The summed E-state index contributed by atoms with van der Waals surface area (Å²) in [6.07, 6.45) is 3.15. The van der Waals surface area contributed by atoms with Crippen LogP contribution in [0.2, 0.25) is 0 Å². The van der Waals surface area contributed by atoms with E-state index < -0.39 is 21.5 Å². The van der Waals surface area contributed by atoms with Gasteiger partial charge in [-0.1, -0.05) is 48.0 Å². The van der Waals surface area contributed by atoms with Gasteiger partial charge in [0, 0.05) is 0 Å². The van der Waals surface area contributed by atoms with Gasteiger partial charge in [-0.2, -0.15) is 0 Å². The van der Waals surface area contributed by atoms with Crippen LogP contribution in [0, 0.1) is 0 Å². The molecular formula is C21H21NO3S. The molecule has 0 amide bonds. The topological polar surface area (TPSA) is 54.5 Å². The Kier molecular flexibility index (Phi) is 3.81. The van der Waals surface area contributed by atoms with Gasteiger partial charge in [0.05, 0.1) is 22.0 Å². The van der Waals surface area contributed by atoms with Crippen LogP contribution in [-0.2, 0) is 20.2 Å². The Labute approximate surface area is 154 Å². The van der Waals surface area contributed by atoms with Crippen molar-refractivity contribution in [3.63, 3.8) is 0 Å². The first-order valence-corrected chi connectivity index (χ1v) is 10.2. The summed E-state index contributed by atoms with van der Waals surface area (Å²) in [5.74, 6) is 0.0214. The predicted molar refractivity (Wildman–Crippen MR) is 102 cm³/mol. The molecule has 0 spiro atoms. The summed E-state index contributed by atoms with van der Waals surface area (Å²) in [4.78, 5) is 13.1. The van der Waals surface area contributed by atoms with Crippen molar-refractivity contribution in [2.45, 2.75) is 43.0 Å². The third-order valence-corrected chi connectivity index (χ3v) is 7.49. The lowest BCUT2D eigenvalue weighted by molar-refractivity contribution is -0.123. The number of hydrogen-bond acceptors (Lipinski definition) is 3. The minimum Gasteiger partial charge on any atom is -0.299 e. The number of sulfonamides is 1. The van der Waals surface area contributed by atoms with E-state index in [1.807, 2.05) is 31.2 Å². The fourth-order valence-corrected chi connectivity index (χ4v) is 6.22. The van der Waals surface area contributed by atoms with E-state index in [4.69, 9.17) is 0 Å². The smallest absolute Gasteiger partial charge is 0.264 e. The lowest BCUT2D eigenvalue weighted by Gasteiger charge is -2.39. The number of rotatable bonds is 3. The molecule has 26 heavy (non-hydrogen) atoms. The molecule has 0 aromatic heterocycles. The Morgan fingerprint density at radius 3 is 2.42 bits per heavy atom. The number of Topliss-reactive ketones (excluding diaryl/α,β-unsaturated/α-hetero) is 1. The van der Waals surface area contributed by atoms with Crippen LogP contribution in [0.4, 0.5) is 5.69 Å². The molecule has 5 heteroatoms. The molecule has 0 fully saturated rings. The normalized spacial score (nSPS) is 24.6. The Hall–Kier alpha value is -2.40. The van der Waals surface area contributed by atoms with Gasteiger partial charge < -0.3 is 0 Å². The van der Waals surface area contributed by atoms with Crippen molar-refractivity contribution < 1.29 is 13.2 Å². The van der Waals surface area contributed by atoms with E-state index in [0.29, 0.717) is 18.5 Å². The molecule has 0 bridgehead atoms. The minimum absolute atomic E-state index is 0.0214. The molecule has 4 nitrogen and oxygen atoms in total. The number of fused-ring (bicyclic) bond motifs is 3. The van der Waals surface area contributed by atoms with Gasteiger partial charge in [-0.05, 0) is 50.5 Å². The molecule has 1 heterocycles. The number of carbonyl (C=O) groups excluding carboxylic acids is 1. The Bertz CT molecular complexity index is 1010. The van der Waals surface area contributed by atoms with Crippen LogP contribution in [0.25, 0.3) is 0 Å². The van der Waals surface area contributed by atoms with Crippen LogP contribution >= 0.6 is 0 Å². The highest BCUT2D eigenvalue weighted by Crippen LogP contribution is 2.54. The molecule has 134 valence electrons. The lowest BCUT2D eigenvalue weighted by atomic mass is 9.66. The van der Waals surface area contributed by atoms with Gasteiger partial charge in [0.15, 0.2) is 0 Å². The number of ketones is 1. The summed E-state index contributed by atoms with van der Waals surface area (Å²) in [5.41, 5.74) is 1.77. The zero-order valence-electron chi connectivity index (χ0n) is 14.8. The van der Waals surface area contributed by atoms with Gasteiger partial charge >= 0.3 is 0 Å². The van der Waals surface area contributed by atoms with Crippen molar-refractivity contribution in [1.29, 1.82) is 0 Å². The molecule has 2 aromatic rings. The molecule has 0 saturated carbocycles. The molecule has 4 rings (SSSR count). The van der Waals surface area contributed by atoms with Crippen molar-refractivity contribution in [2.24, 2.45) is 0 Å². The van der Waals surface area contributed by atoms with E-state index in [9.17, 15) is 13.2 Å². The molecular weight excluding hydrogens is 346 g/mol. The van der Waals surface area contributed by atoms with Crippen LogP contribution in [0.3, 0.4) is 0 Å². The minimum atomic E-state index is -3.76. The van der Waals surface area contributed by atoms with Gasteiger partial charge in [-0.3, -0.25) is 9.10 Å². The second-order valence-electron chi connectivity index (χ2n) is 7.14. The molecule has 2 aliphatic rings. The van der Waals surface area contributed by atoms with Gasteiger partial charge in [0.1, 0.15) is 5.78 Å². The molecule has 0 N–H and O–H groups in total. The highest BCUT2D eigenvalue weighted by atomic mass is 32.2. The predicted octanol–water partition coefficient (Wildman–Crippen LogP) is 3.83. The molecule has 1 aliphatic heterocycles. The summed E-state index contributed by atoms with van der Waals surface area (Å²) in [6, 6.07) is 15.5. The second kappa shape index (κ2) is 5.81. The first-order chi connectivity index (χ1) is 12.4. The first-order valence-electron chi connectivity index (χ1n) is 8.74. The number of carbonyl (C=O) groups is 1. The second-order valence-corrected chi connectivity index (χ2v) is 8.95. The number of hydrogen-bond donors (Lipinski definition) is 0. The molecule has 2 aromatic carbocycles. The van der Waals surface area contributed by atoms with Crippen LogP contribution in [0.5, 0.6) is 0 Å². The Morgan fingerprint density at radius 1 is 1.08 bits per heavy atom. The summed E-state index contributed by atoms with van der Waals surface area (Å²) in [6.45, 7) is 3.60. The maximum Gasteiger partial charge on any atom is 0.264 e. The average molecular weight is 367 g/mol. The molecule has 0 unspecified atom stereocenters. The maximum absolute atomic E-state index is 13.5. The van der Waals surface area contributed by atoms with E-state index in [2.05, 4.69) is 6.08 Å². The lowest BCUT2D eigenvalue weighted by Crippen LogP contribution is -2.52. The van der Waals surface area contributed by atoms with E-state index in [1.165, 1.54) is 4.31 Å². The summed E-state index contributed by atoms with van der Waals surface area (Å²) < 4.78 is 28.5. The number of para-hydroxylation sites is 1. The van der Waals surface area contributed by atoms with Gasteiger partial charge in [0.25, 0.3) is 10.0 Å². The summed E-state index contributed by atoms with van der Waals surface area (Å²) in [7, 11) is -3.76. The van der Waals surface area contributed by atoms with Crippen molar-refractivity contribution in [1.82, 2.24) is 0 Å². The highest BCUT2D eigenvalue weighted by Gasteiger charge is 2.57. The third kappa shape index (κ3) is 2.20. The summed E-state index contributed by atoms with van der Waals surface area (Å²) in [5, 5.41) is 0. The third-order valence-electron chi connectivity index (χ3n) is 5.65. The quantitative estimate of drug-likeness (QED) is 0.775. The SMILES string of the molecule is CC(=O)[C@@]12CC(C)=CC[C@@H]1N(S(=O)(=O)c1ccccc1)c1ccccc12. The zero-order chi connectivity index (χ0) is 18.5. The van der Waals surface area contributed by atoms with Crippen LogP contribution in [0.1, 0.15) is 32.3 Å². The molecule has 1 aliphatic carbocycles. The first kappa shape index (κ1) is 17.0. The highest BCUT2D eigenvalue weighted by molar-refractivity contribution is 7.92. The number of allylic oxidation sites excluding steroid dienone is 1. The maximum atomic E-state index is 13.5. The fourth-order valence-electron chi connectivity index (χ4n) is 4.48. The number of benzene rings is 2. The summed E-state index contributed by atoms with van der Waals surface area (Å²) >= 11 is 0. The monoisotopic (exact) mass is 367 g/mol. The van der Waals surface area contributed by atoms with Crippen molar-refractivity contribution in [3.05, 3.63) is 71.8 Å². The van der Waals surface area contributed by atoms with Gasteiger partial charge in [-0.15, -0.1) is 0 Å². The number of anilines is 1.